The van der Waals surface area contributed by atoms with Gasteiger partial charge in [-0.25, -0.2) is 4.39 Å². The summed E-state index contributed by atoms with van der Waals surface area (Å²) in [6, 6.07) is 17.1. The summed E-state index contributed by atoms with van der Waals surface area (Å²) >= 11 is 0. The molecule has 0 saturated carbocycles. The Morgan fingerprint density at radius 3 is 2.20 bits per heavy atom. The van der Waals surface area contributed by atoms with E-state index in [1.54, 1.807) is 0 Å². The van der Waals surface area contributed by atoms with Gasteiger partial charge in [-0.05, 0) is 42.2 Å². The van der Waals surface area contributed by atoms with Crippen molar-refractivity contribution < 1.29 is 4.39 Å². The summed E-state index contributed by atoms with van der Waals surface area (Å²) in [5.41, 5.74) is 3.49. The molecule has 0 spiro atoms. The standard InChI is InChI=1S/C18H18FN/c19-17-10-8-15(9-11-17)14-18(20-12-4-5-13-20)16-6-2-1-3-7-16/h1-3,6-11,14H,4-5,12-13H2/b18-14-. The van der Waals surface area contributed by atoms with Crippen molar-refractivity contribution in [2.45, 2.75) is 12.8 Å². The van der Waals surface area contributed by atoms with Gasteiger partial charge in [0.05, 0.1) is 0 Å². The van der Waals surface area contributed by atoms with Gasteiger partial charge in [-0.15, -0.1) is 0 Å². The molecule has 1 heterocycles. The van der Waals surface area contributed by atoms with Gasteiger partial charge in [-0.3, -0.25) is 0 Å². The van der Waals surface area contributed by atoms with E-state index in [0.717, 1.165) is 18.7 Å². The van der Waals surface area contributed by atoms with Gasteiger partial charge in [0.25, 0.3) is 0 Å². The van der Waals surface area contributed by atoms with E-state index in [-0.39, 0.29) is 5.82 Å². The van der Waals surface area contributed by atoms with Crippen LogP contribution < -0.4 is 0 Å². The first-order valence-electron chi connectivity index (χ1n) is 7.10. The second-order valence-electron chi connectivity index (χ2n) is 5.14. The molecule has 1 aliphatic rings. The van der Waals surface area contributed by atoms with Gasteiger partial charge < -0.3 is 4.90 Å². The fraction of sp³-hybridized carbons (Fsp3) is 0.222. The number of hydrogen-bond donors (Lipinski definition) is 0. The third kappa shape index (κ3) is 2.90. The maximum absolute atomic E-state index is 13.0. The van der Waals surface area contributed by atoms with Crippen LogP contribution in [-0.4, -0.2) is 18.0 Å². The normalized spacial score (nSPS) is 15.7. The number of likely N-dealkylation sites (tertiary alicyclic amines) is 1. The minimum Gasteiger partial charge on any atom is -0.371 e. The minimum absolute atomic E-state index is 0.190. The maximum Gasteiger partial charge on any atom is 0.123 e. The molecule has 0 amide bonds. The highest BCUT2D eigenvalue weighted by Gasteiger charge is 2.16. The lowest BCUT2D eigenvalue weighted by Crippen LogP contribution is -2.17. The monoisotopic (exact) mass is 267 g/mol. The Labute approximate surface area is 119 Å². The lowest BCUT2D eigenvalue weighted by atomic mass is 10.1. The average molecular weight is 267 g/mol. The molecule has 1 aliphatic heterocycles. The topological polar surface area (TPSA) is 3.24 Å². The Morgan fingerprint density at radius 2 is 1.55 bits per heavy atom. The Hall–Kier alpha value is -2.09. The number of benzene rings is 2. The van der Waals surface area contributed by atoms with Crippen LogP contribution in [0.4, 0.5) is 4.39 Å². The van der Waals surface area contributed by atoms with Crippen molar-refractivity contribution in [3.63, 3.8) is 0 Å². The molecule has 0 radical (unpaired) electrons. The molecule has 102 valence electrons. The lowest BCUT2D eigenvalue weighted by molar-refractivity contribution is 0.495. The van der Waals surface area contributed by atoms with Gasteiger partial charge in [0.15, 0.2) is 0 Å². The van der Waals surface area contributed by atoms with Crippen LogP contribution in [0.3, 0.4) is 0 Å². The summed E-state index contributed by atoms with van der Waals surface area (Å²) < 4.78 is 13.0. The highest BCUT2D eigenvalue weighted by Crippen LogP contribution is 2.26. The molecule has 1 saturated heterocycles. The fourth-order valence-electron chi connectivity index (χ4n) is 2.64. The van der Waals surface area contributed by atoms with Crippen molar-refractivity contribution in [2.75, 3.05) is 13.1 Å². The molecule has 0 bridgehead atoms. The molecule has 2 aromatic rings. The van der Waals surface area contributed by atoms with Gasteiger partial charge in [-0.1, -0.05) is 42.5 Å². The van der Waals surface area contributed by atoms with E-state index in [4.69, 9.17) is 0 Å². The second kappa shape index (κ2) is 5.91. The van der Waals surface area contributed by atoms with Crippen molar-refractivity contribution in [1.29, 1.82) is 0 Å². The van der Waals surface area contributed by atoms with E-state index >= 15 is 0 Å². The predicted molar refractivity (Wildman–Crippen MR) is 81.5 cm³/mol. The molecule has 0 atom stereocenters. The molecule has 20 heavy (non-hydrogen) atoms. The van der Waals surface area contributed by atoms with Gasteiger partial charge in [0.1, 0.15) is 5.82 Å². The van der Waals surface area contributed by atoms with Crippen LogP contribution in [0.2, 0.25) is 0 Å². The van der Waals surface area contributed by atoms with Gasteiger partial charge in [0, 0.05) is 18.8 Å². The molecule has 1 nitrogen and oxygen atoms in total. The van der Waals surface area contributed by atoms with Crippen LogP contribution in [0.1, 0.15) is 24.0 Å². The summed E-state index contributed by atoms with van der Waals surface area (Å²) in [4.78, 5) is 2.42. The van der Waals surface area contributed by atoms with Gasteiger partial charge in [0.2, 0.25) is 0 Å². The van der Waals surface area contributed by atoms with E-state index in [1.165, 1.54) is 36.2 Å². The zero-order chi connectivity index (χ0) is 13.8. The summed E-state index contributed by atoms with van der Waals surface area (Å²) in [7, 11) is 0. The molecule has 1 fully saturated rings. The first kappa shape index (κ1) is 12.9. The highest BCUT2D eigenvalue weighted by atomic mass is 19.1. The smallest absolute Gasteiger partial charge is 0.123 e. The molecular formula is C18H18FN. The van der Waals surface area contributed by atoms with E-state index in [0.29, 0.717) is 0 Å². The fourth-order valence-corrected chi connectivity index (χ4v) is 2.64. The van der Waals surface area contributed by atoms with Gasteiger partial charge in [-0.2, -0.15) is 0 Å². The third-order valence-electron chi connectivity index (χ3n) is 3.69. The predicted octanol–water partition coefficient (Wildman–Crippen LogP) is 4.42. The lowest BCUT2D eigenvalue weighted by Gasteiger charge is -2.22. The zero-order valence-electron chi connectivity index (χ0n) is 11.4. The molecule has 0 aromatic heterocycles. The summed E-state index contributed by atoms with van der Waals surface area (Å²) in [6.45, 7) is 2.20. The Bertz CT molecular complexity index is 581. The first-order chi connectivity index (χ1) is 9.83. The molecule has 0 N–H and O–H groups in total. The van der Waals surface area contributed by atoms with Crippen molar-refractivity contribution in [1.82, 2.24) is 4.90 Å². The Morgan fingerprint density at radius 1 is 0.900 bits per heavy atom. The summed E-state index contributed by atoms with van der Waals surface area (Å²) in [5.74, 6) is -0.190. The van der Waals surface area contributed by atoms with Crippen LogP contribution in [0.5, 0.6) is 0 Å². The van der Waals surface area contributed by atoms with Crippen LogP contribution in [0, 0.1) is 5.82 Å². The average Bonchev–Trinajstić information content (AvgIpc) is 3.01. The quantitative estimate of drug-likeness (QED) is 0.744. The van der Waals surface area contributed by atoms with Crippen molar-refractivity contribution in [2.24, 2.45) is 0 Å². The molecule has 3 rings (SSSR count). The van der Waals surface area contributed by atoms with Crippen LogP contribution >= 0.6 is 0 Å². The molecular weight excluding hydrogens is 249 g/mol. The maximum atomic E-state index is 13.0. The van der Waals surface area contributed by atoms with Crippen molar-refractivity contribution in [3.05, 3.63) is 71.5 Å². The minimum atomic E-state index is -0.190. The van der Waals surface area contributed by atoms with Crippen LogP contribution in [-0.2, 0) is 0 Å². The molecule has 2 heteroatoms. The number of rotatable bonds is 3. The SMILES string of the molecule is Fc1ccc(/C=C(/c2ccccc2)N2CCCC2)cc1. The number of hydrogen-bond acceptors (Lipinski definition) is 1. The summed E-state index contributed by atoms with van der Waals surface area (Å²) in [5, 5.41) is 0. The molecule has 0 aliphatic carbocycles. The molecule has 2 aromatic carbocycles. The first-order valence-corrected chi connectivity index (χ1v) is 7.10. The Kier molecular flexibility index (Phi) is 3.82. The van der Waals surface area contributed by atoms with E-state index in [9.17, 15) is 4.39 Å². The van der Waals surface area contributed by atoms with E-state index in [1.807, 2.05) is 18.2 Å². The second-order valence-corrected chi connectivity index (χ2v) is 5.14. The Balaban J connectivity index is 1.98. The van der Waals surface area contributed by atoms with E-state index < -0.39 is 0 Å². The molecule has 0 unspecified atom stereocenters. The number of nitrogens with zero attached hydrogens (tertiary/aromatic N) is 1. The highest BCUT2D eigenvalue weighted by molar-refractivity contribution is 5.80. The summed E-state index contributed by atoms with van der Waals surface area (Å²) in [6.07, 6.45) is 4.64. The van der Waals surface area contributed by atoms with Crippen LogP contribution in [0.25, 0.3) is 11.8 Å². The largest absolute Gasteiger partial charge is 0.371 e. The van der Waals surface area contributed by atoms with E-state index in [2.05, 4.69) is 35.2 Å². The van der Waals surface area contributed by atoms with Crippen molar-refractivity contribution >= 4 is 11.8 Å². The van der Waals surface area contributed by atoms with Crippen LogP contribution in [0.15, 0.2) is 54.6 Å². The number of halogens is 1. The third-order valence-corrected chi connectivity index (χ3v) is 3.69. The zero-order valence-corrected chi connectivity index (χ0v) is 11.4. The van der Waals surface area contributed by atoms with Crippen molar-refractivity contribution in [3.8, 4) is 0 Å². The van der Waals surface area contributed by atoms with Gasteiger partial charge >= 0.3 is 0 Å².